The third kappa shape index (κ3) is 2.77. The molecule has 0 unspecified atom stereocenters. The van der Waals surface area contributed by atoms with Crippen molar-refractivity contribution >= 4 is 17.0 Å². The third-order valence-electron chi connectivity index (χ3n) is 3.23. The molecule has 4 heteroatoms. The lowest BCUT2D eigenvalue weighted by Gasteiger charge is -2.17. The molecule has 1 aromatic carbocycles. The highest BCUT2D eigenvalue weighted by atomic mass is 16.6. The molecule has 0 spiro atoms. The van der Waals surface area contributed by atoms with Crippen molar-refractivity contribution < 1.29 is 9.53 Å². The molecule has 0 radical (unpaired) electrons. The van der Waals surface area contributed by atoms with Crippen LogP contribution in [0.1, 0.15) is 13.8 Å². The molecule has 0 N–H and O–H groups in total. The van der Waals surface area contributed by atoms with Gasteiger partial charge in [-0.2, -0.15) is 0 Å². The molecule has 0 aliphatic carbocycles. The van der Waals surface area contributed by atoms with Crippen LogP contribution in [-0.2, 0) is 6.54 Å². The molecular formula is C16H18N2O2. The molecule has 0 fully saturated rings. The van der Waals surface area contributed by atoms with Gasteiger partial charge in [0.2, 0.25) is 0 Å². The van der Waals surface area contributed by atoms with Gasteiger partial charge in [0.1, 0.15) is 5.75 Å². The number of terminal acetylenes is 1. The summed E-state index contributed by atoms with van der Waals surface area (Å²) in [6, 6.07) is 7.51. The van der Waals surface area contributed by atoms with Crippen molar-refractivity contribution in [2.24, 2.45) is 0 Å². The molecule has 1 aromatic heterocycles. The Balaban J connectivity index is 2.21. The first-order valence-corrected chi connectivity index (χ1v) is 6.68. The minimum atomic E-state index is -0.322. The Kier molecular flexibility index (Phi) is 4.31. The van der Waals surface area contributed by atoms with Crippen LogP contribution in [0.2, 0.25) is 0 Å². The molecule has 104 valence electrons. The van der Waals surface area contributed by atoms with Gasteiger partial charge in [0.15, 0.2) is 0 Å². The number of hydrogen-bond acceptors (Lipinski definition) is 2. The van der Waals surface area contributed by atoms with E-state index in [1.165, 1.54) is 0 Å². The van der Waals surface area contributed by atoms with Gasteiger partial charge in [-0.15, -0.1) is 6.42 Å². The van der Waals surface area contributed by atoms with Gasteiger partial charge in [0.25, 0.3) is 0 Å². The molecule has 0 bridgehead atoms. The number of fused-ring (bicyclic) bond motifs is 1. The lowest BCUT2D eigenvalue weighted by Crippen LogP contribution is -2.33. The fourth-order valence-electron chi connectivity index (χ4n) is 2.13. The van der Waals surface area contributed by atoms with Crippen LogP contribution in [0.4, 0.5) is 4.79 Å². The average molecular weight is 270 g/mol. The first kappa shape index (κ1) is 14.0. The predicted octanol–water partition coefficient (Wildman–Crippen LogP) is 3.12. The zero-order valence-corrected chi connectivity index (χ0v) is 11.8. The summed E-state index contributed by atoms with van der Waals surface area (Å²) in [5.41, 5.74) is 1.03. The van der Waals surface area contributed by atoms with Crippen molar-refractivity contribution in [3.63, 3.8) is 0 Å². The van der Waals surface area contributed by atoms with Crippen LogP contribution in [0.3, 0.4) is 0 Å². The van der Waals surface area contributed by atoms with Crippen LogP contribution in [0, 0.1) is 12.3 Å². The number of benzene rings is 1. The van der Waals surface area contributed by atoms with Crippen molar-refractivity contribution in [1.82, 2.24) is 9.47 Å². The number of ether oxygens (including phenoxy) is 1. The molecule has 0 saturated carbocycles. The quantitative estimate of drug-likeness (QED) is 0.800. The average Bonchev–Trinajstić information content (AvgIpc) is 2.83. The predicted molar refractivity (Wildman–Crippen MR) is 79.7 cm³/mol. The summed E-state index contributed by atoms with van der Waals surface area (Å²) in [6.45, 7) is 5.65. The molecule has 4 nitrogen and oxygen atoms in total. The van der Waals surface area contributed by atoms with Gasteiger partial charge in [0, 0.05) is 30.2 Å². The molecule has 1 amide bonds. The number of hydrogen-bond donors (Lipinski definition) is 0. The maximum Gasteiger partial charge on any atom is 0.415 e. The first-order chi connectivity index (χ1) is 9.69. The van der Waals surface area contributed by atoms with E-state index in [-0.39, 0.29) is 6.09 Å². The van der Waals surface area contributed by atoms with Crippen LogP contribution in [-0.4, -0.2) is 28.6 Å². The van der Waals surface area contributed by atoms with E-state index in [2.05, 4.69) is 5.92 Å². The Bertz CT molecular complexity index is 648. The lowest BCUT2D eigenvalue weighted by molar-refractivity contribution is 0.157. The fourth-order valence-corrected chi connectivity index (χ4v) is 2.13. The summed E-state index contributed by atoms with van der Waals surface area (Å²) in [7, 11) is 0. The second-order valence-corrected chi connectivity index (χ2v) is 4.41. The topological polar surface area (TPSA) is 34.5 Å². The van der Waals surface area contributed by atoms with Gasteiger partial charge in [-0.25, -0.2) is 4.79 Å². The molecule has 2 rings (SSSR count). The van der Waals surface area contributed by atoms with Crippen LogP contribution >= 0.6 is 0 Å². The van der Waals surface area contributed by atoms with Gasteiger partial charge in [-0.3, -0.25) is 0 Å². The van der Waals surface area contributed by atoms with Crippen molar-refractivity contribution in [2.75, 3.05) is 13.1 Å². The molecule has 2 aromatic rings. The lowest BCUT2D eigenvalue weighted by atomic mass is 10.2. The Morgan fingerprint density at radius 1 is 1.35 bits per heavy atom. The largest absolute Gasteiger partial charge is 0.415 e. The van der Waals surface area contributed by atoms with Crippen LogP contribution in [0.25, 0.3) is 10.9 Å². The second-order valence-electron chi connectivity index (χ2n) is 4.41. The second kappa shape index (κ2) is 6.16. The highest BCUT2D eigenvalue weighted by Gasteiger charge is 2.12. The molecule has 0 atom stereocenters. The van der Waals surface area contributed by atoms with Crippen molar-refractivity contribution in [3.05, 3.63) is 30.5 Å². The fraction of sp³-hybridized carbons (Fsp3) is 0.312. The summed E-state index contributed by atoms with van der Waals surface area (Å²) in [5, 5.41) is 1.00. The maximum atomic E-state index is 11.9. The van der Waals surface area contributed by atoms with Crippen molar-refractivity contribution in [2.45, 2.75) is 20.4 Å². The van der Waals surface area contributed by atoms with Gasteiger partial charge in [-0.1, -0.05) is 5.92 Å². The molecular weight excluding hydrogens is 252 g/mol. The Hall–Kier alpha value is -2.41. The number of rotatable bonds is 4. The highest BCUT2D eigenvalue weighted by molar-refractivity contribution is 5.83. The van der Waals surface area contributed by atoms with Crippen LogP contribution in [0.15, 0.2) is 30.5 Å². The van der Waals surface area contributed by atoms with E-state index in [0.29, 0.717) is 25.4 Å². The number of carbonyl (C=O) groups is 1. The number of carbonyl (C=O) groups excluding carboxylic acids is 1. The Labute approximate surface area is 118 Å². The van der Waals surface area contributed by atoms with Crippen LogP contribution < -0.4 is 4.74 Å². The minimum Gasteiger partial charge on any atom is -0.410 e. The summed E-state index contributed by atoms with van der Waals surface area (Å²) >= 11 is 0. The van der Waals surface area contributed by atoms with Gasteiger partial charge in [0.05, 0.1) is 6.54 Å². The number of aromatic nitrogens is 1. The summed E-state index contributed by atoms with van der Waals surface area (Å²) in [4.78, 5) is 13.5. The zero-order chi connectivity index (χ0) is 14.5. The zero-order valence-electron chi connectivity index (χ0n) is 11.8. The maximum absolute atomic E-state index is 11.9. The molecule has 0 saturated heterocycles. The normalized spacial score (nSPS) is 10.2. The SMILES string of the molecule is C#CCn1ccc2cc(OC(=O)N(CC)CC)ccc21. The monoisotopic (exact) mass is 270 g/mol. The van der Waals surface area contributed by atoms with E-state index in [1.807, 2.05) is 42.8 Å². The summed E-state index contributed by atoms with van der Waals surface area (Å²) in [5.74, 6) is 3.16. The Morgan fingerprint density at radius 3 is 2.75 bits per heavy atom. The molecule has 20 heavy (non-hydrogen) atoms. The highest BCUT2D eigenvalue weighted by Crippen LogP contribution is 2.22. The van der Waals surface area contributed by atoms with E-state index >= 15 is 0 Å². The van der Waals surface area contributed by atoms with Gasteiger partial charge in [-0.05, 0) is 38.1 Å². The van der Waals surface area contributed by atoms with E-state index in [9.17, 15) is 4.79 Å². The standard InChI is InChI=1S/C16H18N2O2/c1-4-10-18-11-9-13-12-14(7-8-15(13)18)20-16(19)17(5-2)6-3/h1,7-9,11-12H,5-6,10H2,2-3H3. The summed E-state index contributed by atoms with van der Waals surface area (Å²) < 4.78 is 7.35. The van der Waals surface area contributed by atoms with Crippen molar-refractivity contribution in [3.8, 4) is 18.1 Å². The molecule has 1 heterocycles. The smallest absolute Gasteiger partial charge is 0.410 e. The molecule has 0 aliphatic heterocycles. The van der Waals surface area contributed by atoms with Gasteiger partial charge >= 0.3 is 6.09 Å². The minimum absolute atomic E-state index is 0.322. The van der Waals surface area contributed by atoms with E-state index < -0.39 is 0 Å². The molecule has 0 aliphatic rings. The van der Waals surface area contributed by atoms with E-state index in [1.54, 1.807) is 11.0 Å². The Morgan fingerprint density at radius 2 is 2.10 bits per heavy atom. The van der Waals surface area contributed by atoms with E-state index in [4.69, 9.17) is 11.2 Å². The number of amides is 1. The van der Waals surface area contributed by atoms with E-state index in [0.717, 1.165) is 10.9 Å². The summed E-state index contributed by atoms with van der Waals surface area (Å²) in [6.07, 6.45) is 6.93. The van der Waals surface area contributed by atoms with Crippen LogP contribution in [0.5, 0.6) is 5.75 Å². The third-order valence-corrected chi connectivity index (χ3v) is 3.23. The first-order valence-electron chi connectivity index (χ1n) is 6.68. The van der Waals surface area contributed by atoms with Gasteiger partial charge < -0.3 is 14.2 Å². The number of nitrogens with zero attached hydrogens (tertiary/aromatic N) is 2. The van der Waals surface area contributed by atoms with Crippen molar-refractivity contribution in [1.29, 1.82) is 0 Å².